The molecule has 1 aromatic heterocycles. The van der Waals surface area contributed by atoms with Crippen LogP contribution in [0.25, 0.3) is 0 Å². The van der Waals surface area contributed by atoms with Gasteiger partial charge in [-0.1, -0.05) is 0 Å². The van der Waals surface area contributed by atoms with Crippen molar-refractivity contribution in [3.8, 4) is 0 Å². The maximum absolute atomic E-state index is 12.8. The van der Waals surface area contributed by atoms with Crippen LogP contribution in [0, 0.1) is 12.7 Å². The van der Waals surface area contributed by atoms with Crippen LogP contribution in [0.2, 0.25) is 0 Å². The van der Waals surface area contributed by atoms with Gasteiger partial charge in [-0.25, -0.2) is 14.2 Å². The molecule has 2 aromatic rings. The predicted octanol–water partition coefficient (Wildman–Crippen LogP) is 2.46. The minimum Gasteiger partial charge on any atom is -0.478 e. The molecule has 1 aromatic carbocycles. The van der Waals surface area contributed by atoms with Crippen LogP contribution in [0.1, 0.15) is 32.1 Å². The Morgan fingerprint density at radius 3 is 2.32 bits per heavy atom. The van der Waals surface area contributed by atoms with Gasteiger partial charge >= 0.3 is 5.97 Å². The Balaban J connectivity index is 2.51. The zero-order chi connectivity index (χ0) is 14.0. The Morgan fingerprint density at radius 1 is 1.11 bits per heavy atom. The minimum atomic E-state index is -1.22. The number of carboxylic acids is 1. The monoisotopic (exact) mass is 259 g/mol. The summed E-state index contributed by atoms with van der Waals surface area (Å²) >= 11 is 0. The summed E-state index contributed by atoms with van der Waals surface area (Å²) < 4.78 is 12.8. The number of carbonyl (C=O) groups is 2. The molecule has 19 heavy (non-hydrogen) atoms. The van der Waals surface area contributed by atoms with Crippen molar-refractivity contribution in [2.24, 2.45) is 0 Å². The minimum absolute atomic E-state index is 0.140. The molecular formula is C14H10FNO3. The summed E-state index contributed by atoms with van der Waals surface area (Å²) in [6.45, 7) is 1.66. The standard InChI is InChI=1S/C14H10FNO3/c1-8-2-7-11(14(18)19)12(16-8)13(17)9-3-5-10(15)6-4-9/h2-7H,1H3,(H,18,19). The summed E-state index contributed by atoms with van der Waals surface area (Å²) in [4.78, 5) is 27.2. The third kappa shape index (κ3) is 2.65. The molecule has 2 rings (SSSR count). The highest BCUT2D eigenvalue weighted by Crippen LogP contribution is 2.14. The summed E-state index contributed by atoms with van der Waals surface area (Å²) in [7, 11) is 0. The molecular weight excluding hydrogens is 249 g/mol. The highest BCUT2D eigenvalue weighted by molar-refractivity contribution is 6.12. The quantitative estimate of drug-likeness (QED) is 0.860. The summed E-state index contributed by atoms with van der Waals surface area (Å²) in [5.41, 5.74) is 0.427. The van der Waals surface area contributed by atoms with Crippen LogP contribution in [0.3, 0.4) is 0 Å². The maximum Gasteiger partial charge on any atom is 0.338 e. The molecule has 0 aliphatic heterocycles. The van der Waals surface area contributed by atoms with Gasteiger partial charge in [0.15, 0.2) is 0 Å². The van der Waals surface area contributed by atoms with Crippen molar-refractivity contribution in [3.63, 3.8) is 0 Å². The molecule has 0 aliphatic rings. The van der Waals surface area contributed by atoms with Crippen LogP contribution in [0.15, 0.2) is 36.4 Å². The maximum atomic E-state index is 12.8. The Labute approximate surface area is 108 Å². The number of hydrogen-bond acceptors (Lipinski definition) is 3. The average molecular weight is 259 g/mol. The zero-order valence-corrected chi connectivity index (χ0v) is 10.1. The fourth-order valence-corrected chi connectivity index (χ4v) is 1.64. The van der Waals surface area contributed by atoms with Crippen molar-refractivity contribution in [1.82, 2.24) is 4.98 Å². The Bertz CT molecular complexity index is 650. The van der Waals surface area contributed by atoms with Crippen LogP contribution in [0.4, 0.5) is 4.39 Å². The van der Waals surface area contributed by atoms with Crippen LogP contribution in [-0.4, -0.2) is 21.8 Å². The van der Waals surface area contributed by atoms with E-state index in [9.17, 15) is 14.0 Å². The number of halogens is 1. The molecule has 0 radical (unpaired) electrons. The third-order valence-electron chi connectivity index (χ3n) is 2.59. The van der Waals surface area contributed by atoms with Gasteiger partial charge in [0.25, 0.3) is 0 Å². The van der Waals surface area contributed by atoms with Gasteiger partial charge in [0.05, 0.1) is 5.56 Å². The van der Waals surface area contributed by atoms with Gasteiger partial charge in [0.1, 0.15) is 11.5 Å². The van der Waals surface area contributed by atoms with E-state index < -0.39 is 17.6 Å². The first-order valence-electron chi connectivity index (χ1n) is 5.50. The summed E-state index contributed by atoms with van der Waals surface area (Å²) in [6, 6.07) is 7.74. The van der Waals surface area contributed by atoms with Crippen molar-refractivity contribution < 1.29 is 19.1 Å². The van der Waals surface area contributed by atoms with Crippen molar-refractivity contribution in [2.45, 2.75) is 6.92 Å². The number of aryl methyl sites for hydroxylation is 1. The van der Waals surface area contributed by atoms with Crippen molar-refractivity contribution in [3.05, 3.63) is 64.7 Å². The summed E-state index contributed by atoms with van der Waals surface area (Å²) in [6.07, 6.45) is 0. The number of pyridine rings is 1. The van der Waals surface area contributed by atoms with Gasteiger partial charge in [-0.3, -0.25) is 4.79 Å². The smallest absolute Gasteiger partial charge is 0.338 e. The molecule has 0 saturated heterocycles. The largest absolute Gasteiger partial charge is 0.478 e. The number of benzene rings is 1. The lowest BCUT2D eigenvalue weighted by molar-refractivity contribution is 0.0692. The molecule has 5 heteroatoms. The van der Waals surface area contributed by atoms with Gasteiger partial charge in [0, 0.05) is 11.3 Å². The fourth-order valence-electron chi connectivity index (χ4n) is 1.64. The lowest BCUT2D eigenvalue weighted by atomic mass is 10.0. The number of rotatable bonds is 3. The zero-order valence-electron chi connectivity index (χ0n) is 10.1. The molecule has 4 nitrogen and oxygen atoms in total. The molecule has 1 heterocycles. The number of hydrogen-bond donors (Lipinski definition) is 1. The van der Waals surface area contributed by atoms with E-state index in [-0.39, 0.29) is 16.8 Å². The Hall–Kier alpha value is -2.56. The predicted molar refractivity (Wildman–Crippen MR) is 65.8 cm³/mol. The van der Waals surface area contributed by atoms with Crippen LogP contribution in [-0.2, 0) is 0 Å². The van der Waals surface area contributed by atoms with Gasteiger partial charge in [0.2, 0.25) is 5.78 Å². The molecule has 0 spiro atoms. The highest BCUT2D eigenvalue weighted by atomic mass is 19.1. The SMILES string of the molecule is Cc1ccc(C(=O)O)c(C(=O)c2ccc(F)cc2)n1. The average Bonchev–Trinajstić information content (AvgIpc) is 2.38. The normalized spacial score (nSPS) is 10.2. The van der Waals surface area contributed by atoms with E-state index in [1.54, 1.807) is 6.92 Å². The third-order valence-corrected chi connectivity index (χ3v) is 2.59. The molecule has 96 valence electrons. The first-order valence-corrected chi connectivity index (χ1v) is 5.50. The molecule has 0 fully saturated rings. The topological polar surface area (TPSA) is 67.3 Å². The summed E-state index contributed by atoms with van der Waals surface area (Å²) in [5, 5.41) is 9.04. The Kier molecular flexibility index (Phi) is 3.37. The molecule has 0 amide bonds. The van der Waals surface area contributed by atoms with Crippen LogP contribution >= 0.6 is 0 Å². The van der Waals surface area contributed by atoms with E-state index in [2.05, 4.69) is 4.98 Å². The Morgan fingerprint density at radius 2 is 1.74 bits per heavy atom. The van der Waals surface area contributed by atoms with Gasteiger partial charge < -0.3 is 5.11 Å². The number of aromatic carboxylic acids is 1. The van der Waals surface area contributed by atoms with Gasteiger partial charge in [-0.05, 0) is 43.3 Å². The number of nitrogens with zero attached hydrogens (tertiary/aromatic N) is 1. The second-order valence-corrected chi connectivity index (χ2v) is 3.99. The number of carboxylic acid groups (broad SMARTS) is 1. The first-order chi connectivity index (χ1) is 8.99. The molecule has 1 N–H and O–H groups in total. The first kappa shape index (κ1) is 12.9. The number of carbonyl (C=O) groups excluding carboxylic acids is 1. The van der Waals surface area contributed by atoms with E-state index in [4.69, 9.17) is 5.11 Å². The van der Waals surface area contributed by atoms with Gasteiger partial charge in [-0.15, -0.1) is 0 Å². The molecule has 0 saturated carbocycles. The second kappa shape index (κ2) is 4.97. The van der Waals surface area contributed by atoms with Crippen molar-refractivity contribution >= 4 is 11.8 Å². The van der Waals surface area contributed by atoms with E-state index in [1.165, 1.54) is 24.3 Å². The van der Waals surface area contributed by atoms with Gasteiger partial charge in [-0.2, -0.15) is 0 Å². The molecule has 0 aliphatic carbocycles. The number of aromatic nitrogens is 1. The highest BCUT2D eigenvalue weighted by Gasteiger charge is 2.19. The lowest BCUT2D eigenvalue weighted by Crippen LogP contribution is -2.12. The van der Waals surface area contributed by atoms with Crippen LogP contribution in [0.5, 0.6) is 0 Å². The van der Waals surface area contributed by atoms with Crippen molar-refractivity contribution in [2.75, 3.05) is 0 Å². The van der Waals surface area contributed by atoms with E-state index in [1.807, 2.05) is 0 Å². The van der Waals surface area contributed by atoms with E-state index >= 15 is 0 Å². The van der Waals surface area contributed by atoms with E-state index in [0.29, 0.717) is 5.69 Å². The molecule has 0 unspecified atom stereocenters. The second-order valence-electron chi connectivity index (χ2n) is 3.99. The van der Waals surface area contributed by atoms with E-state index in [0.717, 1.165) is 12.1 Å². The number of ketones is 1. The van der Waals surface area contributed by atoms with Crippen LogP contribution < -0.4 is 0 Å². The molecule has 0 atom stereocenters. The van der Waals surface area contributed by atoms with Crippen molar-refractivity contribution in [1.29, 1.82) is 0 Å². The summed E-state index contributed by atoms with van der Waals surface area (Å²) in [5.74, 6) is -2.23. The lowest BCUT2D eigenvalue weighted by Gasteiger charge is -2.05. The fraction of sp³-hybridized carbons (Fsp3) is 0.0714. The molecule has 0 bridgehead atoms.